The molecule has 1 fully saturated rings. The normalized spacial score (nSPS) is 21.9. The van der Waals surface area contributed by atoms with Crippen molar-refractivity contribution in [1.29, 1.82) is 0 Å². The van der Waals surface area contributed by atoms with Gasteiger partial charge in [-0.3, -0.25) is 0 Å². The van der Waals surface area contributed by atoms with Gasteiger partial charge in [-0.2, -0.15) is 0 Å². The first-order chi connectivity index (χ1) is 11.1. The summed E-state index contributed by atoms with van der Waals surface area (Å²) in [4.78, 5) is 13.3. The van der Waals surface area contributed by atoms with Crippen LogP contribution < -0.4 is 0 Å². The minimum Gasteiger partial charge on any atom is -0.465 e. The average Bonchev–Trinajstić information content (AvgIpc) is 2.93. The van der Waals surface area contributed by atoms with Gasteiger partial charge in [0.05, 0.1) is 6.04 Å². The van der Waals surface area contributed by atoms with E-state index in [1.165, 1.54) is 0 Å². The molecule has 0 aliphatic carbocycles. The summed E-state index contributed by atoms with van der Waals surface area (Å²) in [5.41, 5.74) is 2.73. The minimum atomic E-state index is -0.841. The topological polar surface area (TPSA) is 53.7 Å². The zero-order valence-corrected chi connectivity index (χ0v) is 13.0. The van der Waals surface area contributed by atoms with E-state index >= 15 is 0 Å². The average molecular weight is 309 g/mol. The molecule has 2 heterocycles. The molecule has 0 saturated carbocycles. The van der Waals surface area contributed by atoms with Crippen LogP contribution >= 0.6 is 0 Å². The number of benzene rings is 2. The van der Waals surface area contributed by atoms with Crippen LogP contribution in [0.2, 0.25) is 0 Å². The summed E-state index contributed by atoms with van der Waals surface area (Å²) < 4.78 is 5.94. The van der Waals surface area contributed by atoms with Crippen LogP contribution in [0.1, 0.15) is 31.4 Å². The molecule has 4 heteroatoms. The summed E-state index contributed by atoms with van der Waals surface area (Å²) >= 11 is 0. The number of carbonyl (C=O) groups is 1. The lowest BCUT2D eigenvalue weighted by molar-refractivity contribution is 0.0932. The van der Waals surface area contributed by atoms with Crippen molar-refractivity contribution in [2.45, 2.75) is 25.8 Å². The summed E-state index contributed by atoms with van der Waals surface area (Å²) in [7, 11) is 0. The number of hydrogen-bond donors (Lipinski definition) is 1. The van der Waals surface area contributed by atoms with Crippen LogP contribution in [0.15, 0.2) is 46.9 Å². The Labute approximate surface area is 134 Å². The van der Waals surface area contributed by atoms with Crippen LogP contribution in [0.5, 0.6) is 0 Å². The van der Waals surface area contributed by atoms with Crippen molar-refractivity contribution >= 4 is 28.0 Å². The van der Waals surface area contributed by atoms with Crippen LogP contribution in [-0.4, -0.2) is 22.6 Å². The third-order valence-corrected chi connectivity index (χ3v) is 4.90. The molecule has 1 amide bonds. The van der Waals surface area contributed by atoms with Gasteiger partial charge in [-0.15, -0.1) is 0 Å². The van der Waals surface area contributed by atoms with E-state index in [9.17, 15) is 9.90 Å². The Balaban J connectivity index is 1.94. The lowest BCUT2D eigenvalue weighted by Gasteiger charge is -2.37. The SMILES string of the molecule is CC1CCN(C(=O)O)C(c2cccc3oc4ccccc4c23)C1. The molecule has 1 aliphatic rings. The fraction of sp³-hybridized carbons (Fsp3) is 0.316. The Bertz CT molecular complexity index is 883. The lowest BCUT2D eigenvalue weighted by atomic mass is 9.87. The monoisotopic (exact) mass is 309 g/mol. The smallest absolute Gasteiger partial charge is 0.407 e. The van der Waals surface area contributed by atoms with E-state index in [-0.39, 0.29) is 6.04 Å². The number of fused-ring (bicyclic) bond motifs is 3. The molecule has 3 aromatic rings. The van der Waals surface area contributed by atoms with Crippen LogP contribution in [0.4, 0.5) is 4.79 Å². The standard InChI is InChI=1S/C19H19NO3/c1-12-9-10-20(19(21)22)15(11-12)13-6-4-8-17-18(13)14-5-2-3-7-16(14)23-17/h2-8,12,15H,9-11H2,1H3,(H,21,22). The lowest BCUT2D eigenvalue weighted by Crippen LogP contribution is -2.39. The quantitative estimate of drug-likeness (QED) is 0.685. The number of nitrogens with zero attached hydrogens (tertiary/aromatic N) is 1. The van der Waals surface area contributed by atoms with Crippen molar-refractivity contribution < 1.29 is 14.3 Å². The van der Waals surface area contributed by atoms with Crippen molar-refractivity contribution in [3.8, 4) is 0 Å². The van der Waals surface area contributed by atoms with E-state index in [1.807, 2.05) is 42.5 Å². The first kappa shape index (κ1) is 14.1. The maximum absolute atomic E-state index is 11.7. The molecule has 4 nitrogen and oxygen atoms in total. The number of furan rings is 1. The van der Waals surface area contributed by atoms with Gasteiger partial charge in [0.1, 0.15) is 11.2 Å². The van der Waals surface area contributed by atoms with E-state index in [0.29, 0.717) is 12.5 Å². The van der Waals surface area contributed by atoms with E-state index in [4.69, 9.17) is 4.42 Å². The number of likely N-dealkylation sites (tertiary alicyclic amines) is 1. The molecule has 0 bridgehead atoms. The predicted octanol–water partition coefficient (Wildman–Crippen LogP) is 5.04. The first-order valence-corrected chi connectivity index (χ1v) is 8.05. The Morgan fingerprint density at radius 3 is 2.78 bits per heavy atom. The van der Waals surface area contributed by atoms with Crippen LogP contribution in [-0.2, 0) is 0 Å². The number of rotatable bonds is 1. The third-order valence-electron chi connectivity index (χ3n) is 4.90. The van der Waals surface area contributed by atoms with Gasteiger partial charge in [-0.25, -0.2) is 4.79 Å². The predicted molar refractivity (Wildman–Crippen MR) is 89.6 cm³/mol. The third kappa shape index (κ3) is 2.25. The Morgan fingerprint density at radius 1 is 1.17 bits per heavy atom. The number of carboxylic acid groups (broad SMARTS) is 1. The van der Waals surface area contributed by atoms with Gasteiger partial charge in [0.25, 0.3) is 0 Å². The van der Waals surface area contributed by atoms with E-state index in [1.54, 1.807) is 4.90 Å². The highest BCUT2D eigenvalue weighted by Gasteiger charge is 2.32. The number of hydrogen-bond acceptors (Lipinski definition) is 2. The molecule has 0 spiro atoms. The first-order valence-electron chi connectivity index (χ1n) is 8.05. The molecule has 1 aliphatic heterocycles. The molecule has 2 unspecified atom stereocenters. The summed E-state index contributed by atoms with van der Waals surface area (Å²) in [5.74, 6) is 0.518. The molecule has 0 radical (unpaired) electrons. The van der Waals surface area contributed by atoms with Gasteiger partial charge in [-0.1, -0.05) is 37.3 Å². The summed E-state index contributed by atoms with van der Waals surface area (Å²) in [5, 5.41) is 11.7. The van der Waals surface area contributed by atoms with Crippen LogP contribution in [0.25, 0.3) is 21.9 Å². The Hall–Kier alpha value is -2.49. The second-order valence-electron chi connectivity index (χ2n) is 6.44. The second-order valence-corrected chi connectivity index (χ2v) is 6.44. The zero-order valence-electron chi connectivity index (χ0n) is 13.0. The number of piperidine rings is 1. The summed E-state index contributed by atoms with van der Waals surface area (Å²) in [6.45, 7) is 2.78. The van der Waals surface area contributed by atoms with Crippen molar-refractivity contribution in [2.75, 3.05) is 6.54 Å². The maximum Gasteiger partial charge on any atom is 0.407 e. The molecular weight excluding hydrogens is 290 g/mol. The molecular formula is C19H19NO3. The molecule has 118 valence electrons. The summed E-state index contributed by atoms with van der Waals surface area (Å²) in [6.07, 6.45) is 0.933. The molecule has 23 heavy (non-hydrogen) atoms. The molecule has 1 aromatic heterocycles. The largest absolute Gasteiger partial charge is 0.465 e. The highest BCUT2D eigenvalue weighted by Crippen LogP contribution is 2.40. The zero-order chi connectivity index (χ0) is 16.0. The Kier molecular flexibility index (Phi) is 3.26. The molecule has 1 N–H and O–H groups in total. The van der Waals surface area contributed by atoms with Crippen molar-refractivity contribution in [3.05, 3.63) is 48.0 Å². The number of amides is 1. The van der Waals surface area contributed by atoms with Crippen LogP contribution in [0.3, 0.4) is 0 Å². The van der Waals surface area contributed by atoms with Crippen molar-refractivity contribution in [1.82, 2.24) is 4.90 Å². The van der Waals surface area contributed by atoms with Gasteiger partial charge in [0.2, 0.25) is 0 Å². The van der Waals surface area contributed by atoms with Gasteiger partial charge in [0, 0.05) is 17.3 Å². The van der Waals surface area contributed by atoms with Gasteiger partial charge in [-0.05, 0) is 36.5 Å². The van der Waals surface area contributed by atoms with E-state index < -0.39 is 6.09 Å². The minimum absolute atomic E-state index is 0.110. The van der Waals surface area contributed by atoms with Gasteiger partial charge >= 0.3 is 6.09 Å². The highest BCUT2D eigenvalue weighted by atomic mass is 16.4. The van der Waals surface area contributed by atoms with Crippen molar-refractivity contribution in [2.24, 2.45) is 5.92 Å². The number of para-hydroxylation sites is 1. The van der Waals surface area contributed by atoms with Gasteiger partial charge < -0.3 is 14.4 Å². The van der Waals surface area contributed by atoms with E-state index in [2.05, 4.69) is 6.92 Å². The molecule has 2 aromatic carbocycles. The molecule has 4 rings (SSSR count). The summed E-state index contributed by atoms with van der Waals surface area (Å²) in [6, 6.07) is 13.8. The maximum atomic E-state index is 11.7. The van der Waals surface area contributed by atoms with Crippen LogP contribution in [0, 0.1) is 5.92 Å². The van der Waals surface area contributed by atoms with Crippen molar-refractivity contribution in [3.63, 3.8) is 0 Å². The fourth-order valence-electron chi connectivity index (χ4n) is 3.75. The highest BCUT2D eigenvalue weighted by molar-refractivity contribution is 6.06. The van der Waals surface area contributed by atoms with E-state index in [0.717, 1.165) is 40.3 Å². The molecule has 2 atom stereocenters. The Morgan fingerprint density at radius 2 is 1.96 bits per heavy atom. The van der Waals surface area contributed by atoms with Gasteiger partial charge in [0.15, 0.2) is 0 Å². The molecule has 1 saturated heterocycles. The fourth-order valence-corrected chi connectivity index (χ4v) is 3.75. The second kappa shape index (κ2) is 5.30.